The van der Waals surface area contributed by atoms with E-state index in [2.05, 4.69) is 9.88 Å². The molecule has 1 aliphatic rings. The molecule has 27 heavy (non-hydrogen) atoms. The molecule has 0 aliphatic heterocycles. The Morgan fingerprint density at radius 1 is 1.37 bits per heavy atom. The molecule has 0 saturated carbocycles. The highest BCUT2D eigenvalue weighted by molar-refractivity contribution is 7.18. The van der Waals surface area contributed by atoms with Gasteiger partial charge in [-0.05, 0) is 49.8 Å². The van der Waals surface area contributed by atoms with Crippen LogP contribution in [0.15, 0.2) is 27.6 Å². The van der Waals surface area contributed by atoms with E-state index in [1.54, 1.807) is 17.6 Å². The molecule has 1 aliphatic carbocycles. The van der Waals surface area contributed by atoms with Crippen LogP contribution in [0.4, 0.5) is 0 Å². The van der Waals surface area contributed by atoms with Crippen LogP contribution in [0.5, 0.6) is 0 Å². The predicted molar refractivity (Wildman–Crippen MR) is 106 cm³/mol. The fourth-order valence-electron chi connectivity index (χ4n) is 3.73. The summed E-state index contributed by atoms with van der Waals surface area (Å²) in [6.45, 7) is 3.48. The number of aliphatic hydroxyl groups excluding tert-OH is 1. The zero-order chi connectivity index (χ0) is 18.8. The fraction of sp³-hybridized carbons (Fsp3) is 0.500. The first-order valence-corrected chi connectivity index (χ1v) is 10.4. The van der Waals surface area contributed by atoms with Crippen molar-refractivity contribution in [3.8, 4) is 0 Å². The molecule has 2 N–H and O–H groups in total. The van der Waals surface area contributed by atoms with Gasteiger partial charge in [-0.3, -0.25) is 9.69 Å². The maximum atomic E-state index is 12.7. The third-order valence-corrected chi connectivity index (χ3v) is 6.33. The first kappa shape index (κ1) is 18.4. The van der Waals surface area contributed by atoms with Crippen molar-refractivity contribution in [1.82, 2.24) is 14.9 Å². The van der Waals surface area contributed by atoms with Gasteiger partial charge in [-0.1, -0.05) is 6.92 Å². The molecular weight excluding hydrogens is 362 g/mol. The second kappa shape index (κ2) is 7.96. The molecule has 0 unspecified atom stereocenters. The van der Waals surface area contributed by atoms with E-state index in [0.29, 0.717) is 31.9 Å². The van der Waals surface area contributed by atoms with E-state index in [1.807, 2.05) is 19.1 Å². The monoisotopic (exact) mass is 387 g/mol. The molecule has 6 nitrogen and oxygen atoms in total. The van der Waals surface area contributed by atoms with Crippen molar-refractivity contribution in [2.75, 3.05) is 6.54 Å². The van der Waals surface area contributed by atoms with Gasteiger partial charge in [0.25, 0.3) is 5.56 Å². The number of aliphatic hydroxyl groups is 1. The molecular formula is C20H25N3O3S. The maximum absolute atomic E-state index is 12.7. The maximum Gasteiger partial charge on any atom is 0.259 e. The molecule has 144 valence electrons. The van der Waals surface area contributed by atoms with Gasteiger partial charge < -0.3 is 14.5 Å². The highest BCUT2D eigenvalue weighted by Crippen LogP contribution is 2.33. The highest BCUT2D eigenvalue weighted by atomic mass is 32.1. The van der Waals surface area contributed by atoms with Gasteiger partial charge >= 0.3 is 0 Å². The molecule has 0 spiro atoms. The van der Waals surface area contributed by atoms with E-state index in [-0.39, 0.29) is 5.56 Å². The molecule has 0 radical (unpaired) electrons. The number of hydrogen-bond donors (Lipinski definition) is 2. The summed E-state index contributed by atoms with van der Waals surface area (Å²) in [4.78, 5) is 24.7. The van der Waals surface area contributed by atoms with E-state index in [1.165, 1.54) is 16.9 Å². The van der Waals surface area contributed by atoms with Crippen molar-refractivity contribution in [3.05, 3.63) is 50.8 Å². The van der Waals surface area contributed by atoms with E-state index in [0.717, 1.165) is 35.2 Å². The summed E-state index contributed by atoms with van der Waals surface area (Å²) >= 11 is 1.66. The number of aromatic amines is 1. The van der Waals surface area contributed by atoms with Crippen LogP contribution < -0.4 is 5.56 Å². The van der Waals surface area contributed by atoms with Crippen molar-refractivity contribution in [3.63, 3.8) is 0 Å². The summed E-state index contributed by atoms with van der Waals surface area (Å²) in [5.41, 5.74) is 1.17. The number of nitrogens with zero attached hydrogens (tertiary/aromatic N) is 2. The van der Waals surface area contributed by atoms with Gasteiger partial charge in [-0.15, -0.1) is 11.3 Å². The average molecular weight is 388 g/mol. The normalized spacial score (nSPS) is 15.4. The number of hydrogen-bond acceptors (Lipinski definition) is 6. The zero-order valence-corrected chi connectivity index (χ0v) is 16.3. The number of aromatic nitrogens is 2. The van der Waals surface area contributed by atoms with Gasteiger partial charge in [0, 0.05) is 11.4 Å². The Labute approximate surface area is 161 Å². The largest absolute Gasteiger partial charge is 0.468 e. The number of aryl methyl sites for hydroxylation is 2. The molecule has 0 saturated heterocycles. The Balaban J connectivity index is 1.62. The standard InChI is InChI=1S/C20H25N3O3S/c1-2-13(24)10-23(11-14-6-5-9-26-14)12-17-21-19(25)18-15-7-3-4-8-16(15)27-20(18)22-17/h5-6,9,13,24H,2-4,7-8,10-12H2,1H3,(H,21,22,25)/t13-/m1/s1. The number of rotatable bonds is 7. The molecule has 4 rings (SSSR count). The van der Waals surface area contributed by atoms with Crippen molar-refractivity contribution >= 4 is 21.6 Å². The molecule has 3 aromatic rings. The van der Waals surface area contributed by atoms with Gasteiger partial charge in [0.1, 0.15) is 16.4 Å². The smallest absolute Gasteiger partial charge is 0.259 e. The average Bonchev–Trinajstić information content (AvgIpc) is 3.28. The summed E-state index contributed by atoms with van der Waals surface area (Å²) in [5, 5.41) is 10.9. The number of fused-ring (bicyclic) bond motifs is 3. The molecule has 3 aromatic heterocycles. The second-order valence-corrected chi connectivity index (χ2v) is 8.30. The van der Waals surface area contributed by atoms with Crippen molar-refractivity contribution < 1.29 is 9.52 Å². The highest BCUT2D eigenvalue weighted by Gasteiger charge is 2.21. The van der Waals surface area contributed by atoms with Crippen LogP contribution in [0.25, 0.3) is 10.2 Å². The fourth-order valence-corrected chi connectivity index (χ4v) is 5.01. The van der Waals surface area contributed by atoms with Crippen LogP contribution in [0.3, 0.4) is 0 Å². The van der Waals surface area contributed by atoms with Gasteiger partial charge in [-0.2, -0.15) is 0 Å². The van der Waals surface area contributed by atoms with Gasteiger partial charge in [0.2, 0.25) is 0 Å². The molecule has 0 bridgehead atoms. The third-order valence-electron chi connectivity index (χ3n) is 5.15. The van der Waals surface area contributed by atoms with Crippen LogP contribution in [0, 0.1) is 0 Å². The number of H-pyrrole nitrogens is 1. The van der Waals surface area contributed by atoms with Crippen LogP contribution in [0.2, 0.25) is 0 Å². The molecule has 0 fully saturated rings. The first-order chi connectivity index (χ1) is 13.1. The molecule has 0 aromatic carbocycles. The lowest BCUT2D eigenvalue weighted by atomic mass is 9.97. The quantitative estimate of drug-likeness (QED) is 0.650. The lowest BCUT2D eigenvalue weighted by Gasteiger charge is -2.23. The van der Waals surface area contributed by atoms with Crippen molar-refractivity contribution in [2.45, 2.75) is 58.2 Å². The van der Waals surface area contributed by atoms with Crippen LogP contribution in [-0.2, 0) is 25.9 Å². The summed E-state index contributed by atoms with van der Waals surface area (Å²) in [6.07, 6.45) is 6.26. The minimum atomic E-state index is -0.426. The van der Waals surface area contributed by atoms with Gasteiger partial charge in [-0.25, -0.2) is 4.98 Å². The second-order valence-electron chi connectivity index (χ2n) is 7.21. The Morgan fingerprint density at radius 3 is 3.00 bits per heavy atom. The Hall–Kier alpha value is -1.96. The van der Waals surface area contributed by atoms with Crippen molar-refractivity contribution in [1.29, 1.82) is 0 Å². The summed E-state index contributed by atoms with van der Waals surface area (Å²) in [6, 6.07) is 3.77. The topological polar surface area (TPSA) is 82.4 Å². The number of thiophene rings is 1. The zero-order valence-electron chi connectivity index (χ0n) is 15.5. The van der Waals surface area contributed by atoms with E-state index in [4.69, 9.17) is 9.40 Å². The van der Waals surface area contributed by atoms with Crippen molar-refractivity contribution in [2.24, 2.45) is 0 Å². The summed E-state index contributed by atoms with van der Waals surface area (Å²) < 4.78 is 5.45. The minimum Gasteiger partial charge on any atom is -0.468 e. The Kier molecular flexibility index (Phi) is 5.43. The van der Waals surface area contributed by atoms with E-state index < -0.39 is 6.10 Å². The third kappa shape index (κ3) is 4.00. The van der Waals surface area contributed by atoms with Crippen LogP contribution in [0.1, 0.15) is 48.2 Å². The number of furan rings is 1. The van der Waals surface area contributed by atoms with Gasteiger partial charge in [0.05, 0.1) is 30.8 Å². The first-order valence-electron chi connectivity index (χ1n) is 9.60. The Bertz CT molecular complexity index is 961. The lowest BCUT2D eigenvalue weighted by Crippen LogP contribution is -2.32. The SMILES string of the molecule is CC[C@@H](O)CN(Cc1nc2sc3c(c2c(=O)[nH]1)CCCC3)Cc1ccco1. The summed E-state index contributed by atoms with van der Waals surface area (Å²) in [7, 11) is 0. The predicted octanol–water partition coefficient (Wildman–Crippen LogP) is 3.23. The minimum absolute atomic E-state index is 0.0385. The van der Waals surface area contributed by atoms with E-state index in [9.17, 15) is 9.90 Å². The van der Waals surface area contributed by atoms with Crippen LogP contribution in [-0.4, -0.2) is 32.6 Å². The Morgan fingerprint density at radius 2 is 2.22 bits per heavy atom. The summed E-state index contributed by atoms with van der Waals surface area (Å²) in [5.74, 6) is 1.47. The molecule has 1 atom stereocenters. The molecule has 7 heteroatoms. The lowest BCUT2D eigenvalue weighted by molar-refractivity contribution is 0.0959. The molecule has 0 amide bonds. The van der Waals surface area contributed by atoms with E-state index >= 15 is 0 Å². The van der Waals surface area contributed by atoms with Gasteiger partial charge in [0.15, 0.2) is 0 Å². The molecule has 3 heterocycles. The number of nitrogens with one attached hydrogen (secondary N) is 1. The van der Waals surface area contributed by atoms with Crippen LogP contribution >= 0.6 is 11.3 Å².